The number of morpholine rings is 1. The Balaban J connectivity index is 1.43. The first kappa shape index (κ1) is 23.2. The average Bonchev–Trinajstić information content (AvgIpc) is 2.89. The second-order valence-corrected chi connectivity index (χ2v) is 10.4. The van der Waals surface area contributed by atoms with Gasteiger partial charge in [0.1, 0.15) is 0 Å². The molecule has 0 aliphatic carbocycles. The fourth-order valence-electron chi connectivity index (χ4n) is 4.08. The number of nitrogens with one attached hydrogen (secondary N) is 1. The third-order valence-corrected chi connectivity index (χ3v) is 7.94. The molecule has 0 atom stereocenters. The van der Waals surface area contributed by atoms with E-state index in [1.54, 1.807) is 18.2 Å². The van der Waals surface area contributed by atoms with Crippen LogP contribution in [-0.4, -0.2) is 49.9 Å². The van der Waals surface area contributed by atoms with E-state index >= 15 is 0 Å². The summed E-state index contributed by atoms with van der Waals surface area (Å²) in [5.74, 6) is -0.291. The van der Waals surface area contributed by atoms with Crippen molar-refractivity contribution in [2.24, 2.45) is 0 Å². The summed E-state index contributed by atoms with van der Waals surface area (Å²) in [6.45, 7) is 3.46. The highest BCUT2D eigenvalue weighted by Crippen LogP contribution is 2.26. The molecule has 0 radical (unpaired) electrons. The van der Waals surface area contributed by atoms with Gasteiger partial charge in [0, 0.05) is 29.7 Å². The number of pyridine rings is 1. The summed E-state index contributed by atoms with van der Waals surface area (Å²) >= 11 is 0. The molecule has 1 aliphatic rings. The molecule has 4 aromatic rings. The maximum atomic E-state index is 13.3. The van der Waals surface area contributed by atoms with Crippen molar-refractivity contribution in [1.29, 1.82) is 0 Å². The van der Waals surface area contributed by atoms with Crippen molar-refractivity contribution in [3.8, 4) is 11.3 Å². The van der Waals surface area contributed by atoms with Crippen molar-refractivity contribution in [3.63, 3.8) is 0 Å². The fourth-order valence-corrected chi connectivity index (χ4v) is 5.49. The van der Waals surface area contributed by atoms with E-state index in [2.05, 4.69) is 5.32 Å². The fraction of sp³-hybridized carbons (Fsp3) is 0.185. The van der Waals surface area contributed by atoms with Gasteiger partial charge in [-0.2, -0.15) is 4.31 Å². The van der Waals surface area contributed by atoms with Gasteiger partial charge in [-0.15, -0.1) is 0 Å². The summed E-state index contributed by atoms with van der Waals surface area (Å²) in [5, 5.41) is 3.64. The SMILES string of the molecule is Cc1ccc(-c2cc(C(=O)Nc3ccc(S(=O)(=O)N4CCOCC4)cc3)c3ccccc3n2)cc1. The monoisotopic (exact) mass is 487 g/mol. The van der Waals surface area contributed by atoms with E-state index in [0.29, 0.717) is 43.2 Å². The average molecular weight is 488 g/mol. The number of amides is 1. The molecule has 7 nitrogen and oxygen atoms in total. The second-order valence-electron chi connectivity index (χ2n) is 8.43. The minimum atomic E-state index is -3.60. The van der Waals surface area contributed by atoms with Crippen LogP contribution in [-0.2, 0) is 14.8 Å². The molecule has 0 saturated carbocycles. The topological polar surface area (TPSA) is 88.6 Å². The summed E-state index contributed by atoms with van der Waals surface area (Å²) in [6.07, 6.45) is 0. The Morgan fingerprint density at radius 1 is 0.943 bits per heavy atom. The first-order chi connectivity index (χ1) is 16.9. The molecule has 178 valence electrons. The van der Waals surface area contributed by atoms with Crippen LogP contribution in [0, 0.1) is 6.92 Å². The smallest absolute Gasteiger partial charge is 0.256 e. The zero-order valence-corrected chi connectivity index (χ0v) is 20.1. The Labute approximate surface area is 204 Å². The van der Waals surface area contributed by atoms with Crippen molar-refractivity contribution in [1.82, 2.24) is 9.29 Å². The minimum Gasteiger partial charge on any atom is -0.379 e. The van der Waals surface area contributed by atoms with E-state index in [9.17, 15) is 13.2 Å². The molecule has 1 fully saturated rings. The Bertz CT molecular complexity index is 1480. The highest BCUT2D eigenvalue weighted by Gasteiger charge is 2.26. The van der Waals surface area contributed by atoms with E-state index in [4.69, 9.17) is 9.72 Å². The van der Waals surface area contributed by atoms with Gasteiger partial charge in [0.05, 0.1) is 34.9 Å². The van der Waals surface area contributed by atoms with Gasteiger partial charge in [-0.3, -0.25) is 4.79 Å². The molecule has 2 heterocycles. The zero-order valence-electron chi connectivity index (χ0n) is 19.3. The summed E-state index contributed by atoms with van der Waals surface area (Å²) in [6, 6.07) is 23.6. The number of hydrogen-bond donors (Lipinski definition) is 1. The predicted molar refractivity (Wildman–Crippen MR) is 136 cm³/mol. The van der Waals surface area contributed by atoms with Crippen LogP contribution in [0.15, 0.2) is 83.8 Å². The summed E-state index contributed by atoms with van der Waals surface area (Å²) < 4.78 is 32.4. The lowest BCUT2D eigenvalue weighted by Crippen LogP contribution is -2.40. The molecule has 5 rings (SSSR count). The molecule has 8 heteroatoms. The number of carbonyl (C=O) groups excluding carboxylic acids is 1. The molecule has 1 aromatic heterocycles. The number of aryl methyl sites for hydroxylation is 1. The van der Waals surface area contributed by atoms with Crippen LogP contribution in [0.2, 0.25) is 0 Å². The second kappa shape index (κ2) is 9.58. The molecule has 0 bridgehead atoms. The van der Waals surface area contributed by atoms with Crippen LogP contribution in [0.5, 0.6) is 0 Å². The molecule has 1 N–H and O–H groups in total. The lowest BCUT2D eigenvalue weighted by Gasteiger charge is -2.26. The van der Waals surface area contributed by atoms with Crippen LogP contribution >= 0.6 is 0 Å². The van der Waals surface area contributed by atoms with E-state index in [1.807, 2.05) is 55.5 Å². The van der Waals surface area contributed by atoms with Gasteiger partial charge >= 0.3 is 0 Å². The number of anilines is 1. The quantitative estimate of drug-likeness (QED) is 0.448. The third kappa shape index (κ3) is 4.81. The lowest BCUT2D eigenvalue weighted by atomic mass is 10.0. The maximum Gasteiger partial charge on any atom is 0.256 e. The van der Waals surface area contributed by atoms with Gasteiger partial charge in [-0.1, -0.05) is 48.0 Å². The molecule has 1 amide bonds. The van der Waals surface area contributed by atoms with E-state index in [0.717, 1.165) is 22.0 Å². The van der Waals surface area contributed by atoms with Crippen molar-refractivity contribution >= 4 is 32.5 Å². The highest BCUT2D eigenvalue weighted by atomic mass is 32.2. The van der Waals surface area contributed by atoms with E-state index in [1.165, 1.54) is 16.4 Å². The molecular weight excluding hydrogens is 462 g/mol. The van der Waals surface area contributed by atoms with Gasteiger partial charge < -0.3 is 10.1 Å². The van der Waals surface area contributed by atoms with E-state index in [-0.39, 0.29) is 10.8 Å². The van der Waals surface area contributed by atoms with Crippen molar-refractivity contribution < 1.29 is 17.9 Å². The minimum absolute atomic E-state index is 0.188. The van der Waals surface area contributed by atoms with Gasteiger partial charge in [0.25, 0.3) is 5.91 Å². The standard InChI is InChI=1S/C27H25N3O4S/c1-19-6-8-20(9-7-19)26-18-24(23-4-2-3-5-25(23)29-26)27(31)28-21-10-12-22(13-11-21)35(32,33)30-14-16-34-17-15-30/h2-13,18H,14-17H2,1H3,(H,28,31). The predicted octanol–water partition coefficient (Wildman–Crippen LogP) is 4.48. The molecule has 1 aliphatic heterocycles. The van der Waals surface area contributed by atoms with Crippen LogP contribution in [0.25, 0.3) is 22.2 Å². The van der Waals surface area contributed by atoms with Gasteiger partial charge in [0.2, 0.25) is 10.0 Å². The Morgan fingerprint density at radius 2 is 1.63 bits per heavy atom. The van der Waals surface area contributed by atoms with Crippen molar-refractivity contribution in [3.05, 3.63) is 90.0 Å². The number of aromatic nitrogens is 1. The normalized spacial score (nSPS) is 14.7. The summed E-state index contributed by atoms with van der Waals surface area (Å²) in [4.78, 5) is 18.3. The number of sulfonamides is 1. The van der Waals surface area contributed by atoms with Crippen LogP contribution in [0.4, 0.5) is 5.69 Å². The number of ether oxygens (including phenoxy) is 1. The number of hydrogen-bond acceptors (Lipinski definition) is 5. The number of carbonyl (C=O) groups is 1. The van der Waals surface area contributed by atoms with Crippen LogP contribution in [0.3, 0.4) is 0 Å². The van der Waals surface area contributed by atoms with Gasteiger partial charge in [0.15, 0.2) is 0 Å². The summed E-state index contributed by atoms with van der Waals surface area (Å²) in [7, 11) is -3.60. The van der Waals surface area contributed by atoms with E-state index < -0.39 is 10.0 Å². The lowest BCUT2D eigenvalue weighted by molar-refractivity contribution is 0.0730. The number of fused-ring (bicyclic) bond motifs is 1. The Hall–Kier alpha value is -3.59. The molecular formula is C27H25N3O4S. The number of nitrogens with zero attached hydrogens (tertiary/aromatic N) is 2. The van der Waals surface area contributed by atoms with Crippen LogP contribution < -0.4 is 5.32 Å². The molecule has 0 unspecified atom stereocenters. The highest BCUT2D eigenvalue weighted by molar-refractivity contribution is 7.89. The Morgan fingerprint density at radius 3 is 2.34 bits per heavy atom. The molecule has 3 aromatic carbocycles. The molecule has 1 saturated heterocycles. The van der Waals surface area contributed by atoms with Gasteiger partial charge in [-0.05, 0) is 43.3 Å². The van der Waals surface area contributed by atoms with Crippen molar-refractivity contribution in [2.45, 2.75) is 11.8 Å². The summed E-state index contributed by atoms with van der Waals surface area (Å²) in [5.41, 5.74) is 4.51. The Kier molecular flexibility index (Phi) is 6.34. The maximum absolute atomic E-state index is 13.3. The van der Waals surface area contributed by atoms with Crippen LogP contribution in [0.1, 0.15) is 15.9 Å². The third-order valence-electron chi connectivity index (χ3n) is 6.03. The molecule has 0 spiro atoms. The largest absolute Gasteiger partial charge is 0.379 e. The van der Waals surface area contributed by atoms with Crippen molar-refractivity contribution in [2.75, 3.05) is 31.6 Å². The number of benzene rings is 3. The number of para-hydroxylation sites is 1. The number of rotatable bonds is 5. The first-order valence-electron chi connectivity index (χ1n) is 11.4. The zero-order chi connectivity index (χ0) is 24.4. The van der Waals surface area contributed by atoms with Gasteiger partial charge in [-0.25, -0.2) is 13.4 Å². The first-order valence-corrected chi connectivity index (χ1v) is 12.8. The molecule has 35 heavy (non-hydrogen) atoms.